The van der Waals surface area contributed by atoms with Crippen LogP contribution in [0.15, 0.2) is 71.8 Å². The third-order valence-electron chi connectivity index (χ3n) is 9.08. The molecule has 1 aliphatic heterocycles. The quantitative estimate of drug-likeness (QED) is 0.259. The van der Waals surface area contributed by atoms with Crippen molar-refractivity contribution in [1.82, 2.24) is 14.7 Å². The van der Waals surface area contributed by atoms with Gasteiger partial charge >= 0.3 is 0 Å². The Hall–Kier alpha value is -2.70. The van der Waals surface area contributed by atoms with Crippen molar-refractivity contribution in [1.29, 1.82) is 0 Å². The molecule has 1 aromatic heterocycles. The Kier molecular flexibility index (Phi) is 5.67. The van der Waals surface area contributed by atoms with E-state index in [9.17, 15) is 4.79 Å². The maximum Gasteiger partial charge on any atom is 0.266 e. The molecule has 0 radical (unpaired) electrons. The Morgan fingerprint density at radius 3 is 2.19 bits per heavy atom. The van der Waals surface area contributed by atoms with Crippen LogP contribution in [-0.2, 0) is 10.2 Å². The number of carbonyl (C=O) groups excluding carboxylic acids is 1. The molecule has 0 spiro atoms. The topological polar surface area (TPSA) is 38.1 Å². The molecule has 188 valence electrons. The third-order valence-corrected chi connectivity index (χ3v) is 10.4. The van der Waals surface area contributed by atoms with Gasteiger partial charge in [-0.25, -0.2) is 4.68 Å². The molecule has 4 saturated carbocycles. The van der Waals surface area contributed by atoms with Crippen LogP contribution < -0.4 is 0 Å². The smallest absolute Gasteiger partial charge is 0.266 e. The molecule has 4 aliphatic carbocycles. The third kappa shape index (κ3) is 4.00. The van der Waals surface area contributed by atoms with Crippen LogP contribution in [0, 0.1) is 17.8 Å². The van der Waals surface area contributed by atoms with Gasteiger partial charge in [0.25, 0.3) is 5.91 Å². The second kappa shape index (κ2) is 8.95. The summed E-state index contributed by atoms with van der Waals surface area (Å²) < 4.78 is 2.65. The molecule has 8 rings (SSSR count). The summed E-state index contributed by atoms with van der Waals surface area (Å²) in [6, 6.07) is 20.4. The zero-order chi connectivity index (χ0) is 25.1. The van der Waals surface area contributed by atoms with Crippen LogP contribution in [0.25, 0.3) is 11.8 Å². The molecule has 1 atom stereocenters. The van der Waals surface area contributed by atoms with Crippen LogP contribution in [0.1, 0.15) is 68.3 Å². The highest BCUT2D eigenvalue weighted by molar-refractivity contribution is 8.26. The summed E-state index contributed by atoms with van der Waals surface area (Å²) in [5, 5.41) is 5.26. The van der Waals surface area contributed by atoms with E-state index in [1.54, 1.807) is 4.90 Å². The van der Waals surface area contributed by atoms with Crippen LogP contribution in [-0.4, -0.2) is 24.9 Å². The van der Waals surface area contributed by atoms with Gasteiger partial charge in [-0.15, -0.1) is 0 Å². The number of amides is 1. The highest BCUT2D eigenvalue weighted by atomic mass is 32.2. The molecule has 4 bridgehead atoms. The van der Waals surface area contributed by atoms with Gasteiger partial charge in [0.1, 0.15) is 4.32 Å². The van der Waals surface area contributed by atoms with E-state index >= 15 is 0 Å². The molecule has 6 heteroatoms. The number of aromatic nitrogens is 2. The number of thioether (sulfide) groups is 1. The van der Waals surface area contributed by atoms with Gasteiger partial charge in [-0.3, -0.25) is 9.69 Å². The lowest BCUT2D eigenvalue weighted by Crippen LogP contribution is -2.49. The summed E-state index contributed by atoms with van der Waals surface area (Å²) >= 11 is 7.15. The average molecular weight is 526 g/mol. The van der Waals surface area contributed by atoms with Crippen molar-refractivity contribution in [2.75, 3.05) is 0 Å². The summed E-state index contributed by atoms with van der Waals surface area (Å²) in [6.45, 7) is 2.05. The molecule has 4 nitrogen and oxygen atoms in total. The summed E-state index contributed by atoms with van der Waals surface area (Å²) in [7, 11) is 0. The first-order valence-corrected chi connectivity index (χ1v) is 14.7. The molecule has 2 aromatic carbocycles. The zero-order valence-electron chi connectivity index (χ0n) is 21.0. The monoisotopic (exact) mass is 525 g/mol. The van der Waals surface area contributed by atoms with Gasteiger partial charge in [0.2, 0.25) is 0 Å². The van der Waals surface area contributed by atoms with Gasteiger partial charge in [0.05, 0.1) is 22.3 Å². The normalized spacial score (nSPS) is 30.5. The number of benzene rings is 2. The fourth-order valence-corrected chi connectivity index (χ4v) is 9.26. The van der Waals surface area contributed by atoms with E-state index in [2.05, 4.69) is 55.6 Å². The second-order valence-corrected chi connectivity index (χ2v) is 13.2. The molecule has 1 saturated heterocycles. The van der Waals surface area contributed by atoms with E-state index in [-0.39, 0.29) is 17.4 Å². The molecule has 5 fully saturated rings. The van der Waals surface area contributed by atoms with Gasteiger partial charge in [-0.2, -0.15) is 5.10 Å². The van der Waals surface area contributed by atoms with Crippen molar-refractivity contribution in [3.63, 3.8) is 0 Å². The summed E-state index contributed by atoms with van der Waals surface area (Å²) in [6.07, 6.45) is 12.1. The van der Waals surface area contributed by atoms with Crippen molar-refractivity contribution in [2.24, 2.45) is 17.8 Å². The second-order valence-electron chi connectivity index (χ2n) is 11.5. The SMILES string of the molecule is CC(c1ccccc1)N1C(=O)C(=Cc2cn(-c3ccccc3)nc2C23CC4CC(CC(C4)C2)C3)SC1=S. The van der Waals surface area contributed by atoms with Crippen molar-refractivity contribution < 1.29 is 4.79 Å². The largest absolute Gasteiger partial charge is 0.286 e. The highest BCUT2D eigenvalue weighted by Gasteiger charge is 2.53. The van der Waals surface area contributed by atoms with Crippen LogP contribution in [0.3, 0.4) is 0 Å². The van der Waals surface area contributed by atoms with Crippen molar-refractivity contribution in [2.45, 2.75) is 56.9 Å². The van der Waals surface area contributed by atoms with Gasteiger partial charge in [-0.05, 0) is 87.0 Å². The zero-order valence-corrected chi connectivity index (χ0v) is 22.7. The number of thiocarbonyl (C=S) groups is 1. The fraction of sp³-hybridized carbons (Fsp3) is 0.387. The first kappa shape index (κ1) is 23.4. The van der Waals surface area contributed by atoms with E-state index in [4.69, 9.17) is 17.3 Å². The standard InChI is InChI=1S/C31H31N3OS2/c1-20(24-8-4-2-5-9-24)34-29(35)27(37-30(34)36)15-25-19-33(26-10-6-3-7-11-26)32-28(25)31-16-21-12-22(17-31)14-23(13-21)18-31/h2-11,15,19-23H,12-14,16-18H2,1H3. The van der Waals surface area contributed by atoms with Crippen LogP contribution >= 0.6 is 24.0 Å². The molecule has 3 aromatic rings. The van der Waals surface area contributed by atoms with Crippen molar-refractivity contribution in [3.05, 3.63) is 88.6 Å². The maximum absolute atomic E-state index is 13.7. The number of hydrogen-bond donors (Lipinski definition) is 0. The van der Waals surface area contributed by atoms with E-state index < -0.39 is 0 Å². The van der Waals surface area contributed by atoms with Gasteiger partial charge in [0, 0.05) is 17.2 Å². The van der Waals surface area contributed by atoms with Gasteiger partial charge in [0.15, 0.2) is 0 Å². The average Bonchev–Trinajstić information content (AvgIpc) is 3.45. The molecular formula is C31H31N3OS2. The van der Waals surface area contributed by atoms with Crippen LogP contribution in [0.2, 0.25) is 0 Å². The molecule has 5 aliphatic rings. The number of hydrogen-bond acceptors (Lipinski definition) is 4. The highest BCUT2D eigenvalue weighted by Crippen LogP contribution is 2.61. The summed E-state index contributed by atoms with van der Waals surface area (Å²) in [5.41, 5.74) is 4.55. The van der Waals surface area contributed by atoms with E-state index in [1.165, 1.54) is 56.0 Å². The lowest BCUT2D eigenvalue weighted by molar-refractivity contribution is -0.123. The predicted molar refractivity (Wildman–Crippen MR) is 153 cm³/mol. The van der Waals surface area contributed by atoms with Crippen molar-refractivity contribution >= 4 is 40.3 Å². The Morgan fingerprint density at radius 1 is 0.973 bits per heavy atom. The van der Waals surface area contributed by atoms with E-state index in [0.717, 1.165) is 34.6 Å². The summed E-state index contributed by atoms with van der Waals surface area (Å²) in [4.78, 5) is 16.2. The molecule has 0 N–H and O–H groups in total. The number of para-hydroxylation sites is 1. The number of nitrogens with zero attached hydrogens (tertiary/aromatic N) is 3. The first-order chi connectivity index (χ1) is 18.0. The Morgan fingerprint density at radius 2 is 1.57 bits per heavy atom. The van der Waals surface area contributed by atoms with Gasteiger partial charge in [-0.1, -0.05) is 72.5 Å². The number of rotatable bonds is 5. The Balaban J connectivity index is 1.29. The van der Waals surface area contributed by atoms with Crippen LogP contribution in [0.5, 0.6) is 0 Å². The minimum absolute atomic E-state index is 0.00437. The lowest BCUT2D eigenvalue weighted by atomic mass is 9.48. The van der Waals surface area contributed by atoms with Crippen molar-refractivity contribution in [3.8, 4) is 5.69 Å². The Labute approximate surface area is 228 Å². The maximum atomic E-state index is 13.7. The molecule has 1 unspecified atom stereocenters. The fourth-order valence-electron chi connectivity index (χ4n) is 7.85. The van der Waals surface area contributed by atoms with E-state index in [0.29, 0.717) is 9.23 Å². The predicted octanol–water partition coefficient (Wildman–Crippen LogP) is 7.30. The van der Waals surface area contributed by atoms with E-state index in [1.807, 2.05) is 28.9 Å². The Bertz CT molecular complexity index is 1360. The summed E-state index contributed by atoms with van der Waals surface area (Å²) in [5.74, 6) is 2.47. The molecule has 37 heavy (non-hydrogen) atoms. The number of carbonyl (C=O) groups is 1. The molecule has 1 amide bonds. The first-order valence-electron chi connectivity index (χ1n) is 13.5. The van der Waals surface area contributed by atoms with Crippen LogP contribution in [0.4, 0.5) is 0 Å². The lowest BCUT2D eigenvalue weighted by Gasteiger charge is -2.56. The molecule has 2 heterocycles. The minimum Gasteiger partial charge on any atom is -0.286 e. The minimum atomic E-state index is -0.103. The molecular weight excluding hydrogens is 494 g/mol. The van der Waals surface area contributed by atoms with Gasteiger partial charge < -0.3 is 0 Å².